The quantitative estimate of drug-likeness (QED) is 0.311. The number of hydrogen-bond donors (Lipinski definition) is 2. The Morgan fingerprint density at radius 3 is 2.40 bits per heavy atom. The number of carbonyl (C=O) groups excluding carboxylic acids is 2. The largest absolute Gasteiger partial charge is 0.457 e. The first-order valence-electron chi connectivity index (χ1n) is 13.3. The molecular formula is C32H35ClN4O3. The van der Waals surface area contributed by atoms with Crippen molar-refractivity contribution in [1.82, 2.24) is 10.2 Å². The van der Waals surface area contributed by atoms with Crippen molar-refractivity contribution in [3.8, 4) is 17.6 Å². The number of likely N-dealkylation sites (tertiary alicyclic amines) is 1. The van der Waals surface area contributed by atoms with Gasteiger partial charge in [-0.25, -0.2) is 0 Å². The smallest absolute Gasteiger partial charge is 0.221 e. The topological polar surface area (TPSA) is 94.5 Å². The molecule has 0 aliphatic carbocycles. The normalized spacial score (nSPS) is 13.7. The van der Waals surface area contributed by atoms with Gasteiger partial charge in [-0.3, -0.25) is 14.5 Å². The van der Waals surface area contributed by atoms with E-state index >= 15 is 0 Å². The van der Waals surface area contributed by atoms with Crippen LogP contribution in [0.3, 0.4) is 0 Å². The summed E-state index contributed by atoms with van der Waals surface area (Å²) in [7, 11) is 0. The summed E-state index contributed by atoms with van der Waals surface area (Å²) < 4.78 is 6.05. The van der Waals surface area contributed by atoms with E-state index in [1.807, 2.05) is 48.5 Å². The van der Waals surface area contributed by atoms with Crippen molar-refractivity contribution in [1.29, 1.82) is 5.26 Å². The number of nitrogens with zero attached hydrogens (tertiary/aromatic N) is 2. The first-order chi connectivity index (χ1) is 19.0. The van der Waals surface area contributed by atoms with Crippen LogP contribution in [-0.4, -0.2) is 36.3 Å². The van der Waals surface area contributed by atoms with Crippen molar-refractivity contribution in [2.75, 3.05) is 25.0 Å². The van der Waals surface area contributed by atoms with E-state index in [0.717, 1.165) is 43.6 Å². The summed E-state index contributed by atoms with van der Waals surface area (Å²) in [5.41, 5.74) is 3.37. The number of nitrogens with one attached hydrogen (secondary N) is 2. The summed E-state index contributed by atoms with van der Waals surface area (Å²) in [4.78, 5) is 26.3. The zero-order valence-corrected chi connectivity index (χ0v) is 23.5. The summed E-state index contributed by atoms with van der Waals surface area (Å²) in [6.07, 6.45) is 6.79. The number of halogens is 1. The van der Waals surface area contributed by atoms with Crippen LogP contribution in [0.5, 0.6) is 11.5 Å². The Morgan fingerprint density at radius 1 is 1.02 bits per heavy atom. The second-order valence-electron chi connectivity index (χ2n) is 9.78. The van der Waals surface area contributed by atoms with Gasteiger partial charge >= 0.3 is 0 Å². The van der Waals surface area contributed by atoms with Crippen molar-refractivity contribution < 1.29 is 14.3 Å². The third-order valence-corrected chi connectivity index (χ3v) is 6.75. The van der Waals surface area contributed by atoms with Crippen LogP contribution in [0.1, 0.15) is 42.9 Å². The van der Waals surface area contributed by atoms with E-state index in [1.54, 1.807) is 24.3 Å². The minimum atomic E-state index is -0.122. The highest BCUT2D eigenvalue weighted by atomic mass is 35.5. The molecule has 0 atom stereocenters. The van der Waals surface area contributed by atoms with Gasteiger partial charge < -0.3 is 15.4 Å². The Kier molecular flexibility index (Phi) is 11.8. The van der Waals surface area contributed by atoms with Gasteiger partial charge in [0.2, 0.25) is 11.8 Å². The lowest BCUT2D eigenvalue weighted by Gasteiger charge is -2.30. The number of nitriles is 1. The van der Waals surface area contributed by atoms with Gasteiger partial charge in [0.25, 0.3) is 0 Å². The van der Waals surface area contributed by atoms with Crippen LogP contribution in [-0.2, 0) is 16.1 Å². The van der Waals surface area contributed by atoms with Crippen LogP contribution in [0.15, 0.2) is 78.9 Å². The van der Waals surface area contributed by atoms with Crippen LogP contribution >= 0.6 is 12.4 Å². The summed E-state index contributed by atoms with van der Waals surface area (Å²) in [5, 5.41) is 14.7. The Balaban J connectivity index is 0.00000441. The molecule has 2 amide bonds. The highest BCUT2D eigenvalue weighted by molar-refractivity contribution is 5.88. The van der Waals surface area contributed by atoms with Crippen molar-refractivity contribution >= 4 is 36.0 Å². The minimum absolute atomic E-state index is 0. The second kappa shape index (κ2) is 15.5. The number of piperidine rings is 1. The molecule has 0 unspecified atom stereocenters. The van der Waals surface area contributed by atoms with E-state index in [0.29, 0.717) is 41.6 Å². The Morgan fingerprint density at radius 2 is 1.73 bits per heavy atom. The molecule has 4 rings (SSSR count). The molecule has 0 spiro atoms. The molecule has 1 aliphatic heterocycles. The molecule has 3 aromatic carbocycles. The molecule has 1 saturated heterocycles. The Hall–Kier alpha value is -4.12. The fourth-order valence-corrected chi connectivity index (χ4v) is 4.59. The number of benzene rings is 3. The van der Waals surface area contributed by atoms with Gasteiger partial charge in [-0.1, -0.05) is 42.5 Å². The predicted octanol–water partition coefficient (Wildman–Crippen LogP) is 6.16. The van der Waals surface area contributed by atoms with Crippen LogP contribution in [0, 0.1) is 17.2 Å². The lowest BCUT2D eigenvalue weighted by Crippen LogP contribution is -2.35. The van der Waals surface area contributed by atoms with E-state index in [-0.39, 0.29) is 24.2 Å². The number of carbonyl (C=O) groups is 2. The lowest BCUT2D eigenvalue weighted by atomic mass is 9.93. The molecule has 0 bridgehead atoms. The van der Waals surface area contributed by atoms with Gasteiger partial charge in [0, 0.05) is 37.7 Å². The van der Waals surface area contributed by atoms with E-state index < -0.39 is 0 Å². The first kappa shape index (κ1) is 30.4. The monoisotopic (exact) mass is 558 g/mol. The molecule has 1 heterocycles. The zero-order valence-electron chi connectivity index (χ0n) is 22.6. The number of hydrogen-bond acceptors (Lipinski definition) is 5. The van der Waals surface area contributed by atoms with Crippen molar-refractivity contribution in [2.24, 2.45) is 5.92 Å². The van der Waals surface area contributed by atoms with Crippen LogP contribution in [0.2, 0.25) is 0 Å². The van der Waals surface area contributed by atoms with Crippen LogP contribution < -0.4 is 15.4 Å². The molecule has 0 radical (unpaired) electrons. The maximum Gasteiger partial charge on any atom is 0.221 e. The average molecular weight is 559 g/mol. The number of anilines is 1. The number of ether oxygens (including phenoxy) is 1. The van der Waals surface area contributed by atoms with Crippen LogP contribution in [0.25, 0.3) is 6.08 Å². The highest BCUT2D eigenvalue weighted by Crippen LogP contribution is 2.27. The third-order valence-electron chi connectivity index (χ3n) is 6.75. The molecule has 7 nitrogen and oxygen atoms in total. The molecule has 0 saturated carbocycles. The van der Waals surface area contributed by atoms with Crippen molar-refractivity contribution in [3.05, 3.63) is 95.6 Å². The van der Waals surface area contributed by atoms with Gasteiger partial charge in [0.1, 0.15) is 11.5 Å². The first-order valence-corrected chi connectivity index (χ1v) is 13.3. The van der Waals surface area contributed by atoms with E-state index in [4.69, 9.17) is 10.00 Å². The molecule has 8 heteroatoms. The van der Waals surface area contributed by atoms with Crippen molar-refractivity contribution in [2.45, 2.75) is 32.7 Å². The fraction of sp³-hybridized carbons (Fsp3) is 0.281. The summed E-state index contributed by atoms with van der Waals surface area (Å²) in [6.45, 7) is 4.71. The predicted molar refractivity (Wildman–Crippen MR) is 160 cm³/mol. The third kappa shape index (κ3) is 9.57. The van der Waals surface area contributed by atoms with Gasteiger partial charge in [-0.05, 0) is 79.9 Å². The van der Waals surface area contributed by atoms with Gasteiger partial charge in [0.05, 0.1) is 11.6 Å². The second-order valence-corrected chi connectivity index (χ2v) is 9.78. The molecule has 40 heavy (non-hydrogen) atoms. The van der Waals surface area contributed by atoms with Crippen molar-refractivity contribution in [3.63, 3.8) is 0 Å². The molecule has 208 valence electrons. The number of amides is 2. The maximum atomic E-state index is 12.7. The maximum absolute atomic E-state index is 12.7. The lowest BCUT2D eigenvalue weighted by molar-refractivity contribution is -0.122. The number of rotatable bonds is 10. The Bertz CT molecular complexity index is 1330. The summed E-state index contributed by atoms with van der Waals surface area (Å²) >= 11 is 0. The van der Waals surface area contributed by atoms with Gasteiger partial charge in [-0.2, -0.15) is 5.26 Å². The molecule has 1 fully saturated rings. The minimum Gasteiger partial charge on any atom is -0.457 e. The average Bonchev–Trinajstić information content (AvgIpc) is 2.95. The van der Waals surface area contributed by atoms with Gasteiger partial charge in [-0.15, -0.1) is 12.4 Å². The molecule has 1 aliphatic rings. The number of para-hydroxylation sites is 1. The SMILES string of the molecule is CC(=O)Nc1ccc(Oc2ccccc2CNC(=O)CC2CCN(C/C=C/c3ccc(C#N)cc3)CC2)cc1.Cl. The molecular weight excluding hydrogens is 524 g/mol. The summed E-state index contributed by atoms with van der Waals surface area (Å²) in [6, 6.07) is 24.6. The standard InChI is InChI=1S/C32H34N4O3.ClH/c1-24(37)35-29-12-14-30(15-13-29)39-31-7-3-2-6-28(31)23-34-32(38)21-26-16-19-36(20-17-26)18-4-5-25-8-10-27(22-33)11-9-25;/h2-15,26H,16-21,23H2,1H3,(H,34,38)(H,35,37);1H/b5-4+;. The molecule has 3 aromatic rings. The fourth-order valence-electron chi connectivity index (χ4n) is 4.59. The van der Waals surface area contributed by atoms with E-state index in [9.17, 15) is 9.59 Å². The van der Waals surface area contributed by atoms with E-state index in [2.05, 4.69) is 33.8 Å². The molecule has 2 N–H and O–H groups in total. The summed E-state index contributed by atoms with van der Waals surface area (Å²) in [5.74, 6) is 1.67. The van der Waals surface area contributed by atoms with Crippen LogP contribution in [0.4, 0.5) is 5.69 Å². The molecule has 0 aromatic heterocycles. The van der Waals surface area contributed by atoms with Gasteiger partial charge in [0.15, 0.2) is 0 Å². The highest BCUT2D eigenvalue weighted by Gasteiger charge is 2.21. The van der Waals surface area contributed by atoms with E-state index in [1.165, 1.54) is 6.92 Å². The Labute approximate surface area is 242 Å². The zero-order chi connectivity index (χ0) is 27.5.